The lowest BCUT2D eigenvalue weighted by Crippen LogP contribution is -2.29. The van der Waals surface area contributed by atoms with Gasteiger partial charge in [-0.25, -0.2) is 19.0 Å². The fourth-order valence-electron chi connectivity index (χ4n) is 2.74. The summed E-state index contributed by atoms with van der Waals surface area (Å²) in [6.07, 6.45) is 1.61. The number of rotatable bonds is 6. The minimum absolute atomic E-state index is 0.0272. The van der Waals surface area contributed by atoms with Crippen LogP contribution in [-0.4, -0.2) is 32.8 Å². The third-order valence-corrected chi connectivity index (χ3v) is 4.39. The maximum atomic E-state index is 13.8. The van der Waals surface area contributed by atoms with Crippen molar-refractivity contribution in [1.82, 2.24) is 25.1 Å². The molecule has 3 rings (SSSR count). The van der Waals surface area contributed by atoms with E-state index in [2.05, 4.69) is 20.4 Å². The summed E-state index contributed by atoms with van der Waals surface area (Å²) in [4.78, 5) is 20.6. The molecule has 1 N–H and O–H groups in total. The molecule has 1 aromatic carbocycles. The minimum Gasteiger partial charge on any atom is -0.481 e. The van der Waals surface area contributed by atoms with Crippen LogP contribution in [0.2, 0.25) is 5.02 Å². The lowest BCUT2D eigenvalue weighted by molar-refractivity contribution is -0.119. The van der Waals surface area contributed by atoms with Crippen LogP contribution in [0.3, 0.4) is 0 Å². The van der Waals surface area contributed by atoms with Gasteiger partial charge in [0, 0.05) is 36.9 Å². The van der Waals surface area contributed by atoms with E-state index in [4.69, 9.17) is 16.3 Å². The second-order valence-electron chi connectivity index (χ2n) is 6.01. The molecular weight excluding hydrogens is 385 g/mol. The van der Waals surface area contributed by atoms with Crippen LogP contribution in [-0.2, 0) is 11.3 Å². The van der Waals surface area contributed by atoms with Gasteiger partial charge in [-0.15, -0.1) is 0 Å². The molecule has 0 radical (unpaired) electrons. The number of hydrogen-bond donors (Lipinski definition) is 1. The zero-order valence-electron chi connectivity index (χ0n) is 15.6. The number of carbonyl (C=O) groups excluding carboxylic acids is 1. The summed E-state index contributed by atoms with van der Waals surface area (Å²) in [6, 6.07) is 7.30. The molecule has 1 amide bonds. The Labute approximate surface area is 166 Å². The maximum absolute atomic E-state index is 13.8. The van der Waals surface area contributed by atoms with E-state index < -0.39 is 11.9 Å². The summed E-state index contributed by atoms with van der Waals surface area (Å²) in [5.41, 5.74) is 1.21. The van der Waals surface area contributed by atoms with Crippen LogP contribution in [0.4, 0.5) is 4.39 Å². The SMILES string of the molecule is CCn1nc(-c2ccc(Cl)c(F)c2)nc1C(NC(C)=O)c1ccc(OC)nc1. The van der Waals surface area contributed by atoms with Gasteiger partial charge in [-0.3, -0.25) is 4.79 Å². The Bertz CT molecular complexity index is 990. The summed E-state index contributed by atoms with van der Waals surface area (Å²) < 4.78 is 20.6. The first kappa shape index (κ1) is 19.8. The summed E-state index contributed by atoms with van der Waals surface area (Å²) in [7, 11) is 1.53. The second-order valence-corrected chi connectivity index (χ2v) is 6.41. The zero-order chi connectivity index (χ0) is 20.3. The van der Waals surface area contributed by atoms with E-state index in [1.54, 1.807) is 29.1 Å². The first-order valence-electron chi connectivity index (χ1n) is 8.60. The van der Waals surface area contributed by atoms with Crippen LogP contribution in [0.1, 0.15) is 31.3 Å². The van der Waals surface area contributed by atoms with Crippen molar-refractivity contribution in [3.63, 3.8) is 0 Å². The third kappa shape index (κ3) is 4.12. The van der Waals surface area contributed by atoms with E-state index in [1.165, 1.54) is 26.2 Å². The Morgan fingerprint density at radius 3 is 2.71 bits per heavy atom. The molecular formula is C19H19ClFN5O2. The number of aryl methyl sites for hydroxylation is 1. The van der Waals surface area contributed by atoms with Gasteiger partial charge in [0.15, 0.2) is 11.6 Å². The van der Waals surface area contributed by atoms with Crippen molar-refractivity contribution in [1.29, 1.82) is 0 Å². The topological polar surface area (TPSA) is 81.9 Å². The number of carbonyl (C=O) groups is 1. The summed E-state index contributed by atoms with van der Waals surface area (Å²) in [5.74, 6) is 0.524. The van der Waals surface area contributed by atoms with Crippen LogP contribution < -0.4 is 10.1 Å². The highest BCUT2D eigenvalue weighted by Gasteiger charge is 2.24. The molecule has 3 aromatic rings. The van der Waals surface area contributed by atoms with Gasteiger partial charge >= 0.3 is 0 Å². The average Bonchev–Trinajstić information content (AvgIpc) is 3.12. The molecule has 9 heteroatoms. The van der Waals surface area contributed by atoms with Gasteiger partial charge in [0.1, 0.15) is 11.9 Å². The Morgan fingerprint density at radius 2 is 2.14 bits per heavy atom. The van der Waals surface area contributed by atoms with Gasteiger partial charge in [-0.2, -0.15) is 5.10 Å². The van der Waals surface area contributed by atoms with E-state index in [1.807, 2.05) is 6.92 Å². The van der Waals surface area contributed by atoms with Crippen molar-refractivity contribution < 1.29 is 13.9 Å². The number of halogens is 2. The van der Waals surface area contributed by atoms with E-state index in [0.717, 1.165) is 0 Å². The standard InChI is InChI=1S/C19H19ClFN5O2/c1-4-26-19(24-18(25-26)12-5-7-14(20)15(21)9-12)17(23-11(2)27)13-6-8-16(28-3)22-10-13/h5-10,17H,4H2,1-3H3,(H,23,27). The number of methoxy groups -OCH3 is 1. The molecule has 1 unspecified atom stereocenters. The number of amides is 1. The van der Waals surface area contributed by atoms with Crippen LogP contribution in [0.15, 0.2) is 36.5 Å². The summed E-state index contributed by atoms with van der Waals surface area (Å²) in [6.45, 7) is 3.84. The van der Waals surface area contributed by atoms with Crippen molar-refractivity contribution >= 4 is 17.5 Å². The molecule has 2 heterocycles. The van der Waals surface area contributed by atoms with Gasteiger partial charge in [-0.1, -0.05) is 11.6 Å². The monoisotopic (exact) mass is 403 g/mol. The van der Waals surface area contributed by atoms with Crippen molar-refractivity contribution in [3.8, 4) is 17.3 Å². The van der Waals surface area contributed by atoms with Crippen molar-refractivity contribution in [3.05, 3.63) is 58.8 Å². The number of pyridine rings is 1. The van der Waals surface area contributed by atoms with E-state index >= 15 is 0 Å². The van der Waals surface area contributed by atoms with Crippen molar-refractivity contribution in [2.45, 2.75) is 26.4 Å². The summed E-state index contributed by atoms with van der Waals surface area (Å²) >= 11 is 5.76. The molecule has 0 aliphatic rings. The highest BCUT2D eigenvalue weighted by Crippen LogP contribution is 2.26. The van der Waals surface area contributed by atoms with Gasteiger partial charge in [0.25, 0.3) is 0 Å². The largest absolute Gasteiger partial charge is 0.481 e. The predicted octanol–water partition coefficient (Wildman–Crippen LogP) is 3.39. The lowest BCUT2D eigenvalue weighted by Gasteiger charge is -2.18. The molecule has 0 saturated heterocycles. The Morgan fingerprint density at radius 1 is 1.36 bits per heavy atom. The third-order valence-electron chi connectivity index (χ3n) is 4.09. The number of aromatic nitrogens is 4. The first-order chi connectivity index (χ1) is 13.4. The van der Waals surface area contributed by atoms with E-state index in [9.17, 15) is 9.18 Å². The molecule has 7 nitrogen and oxygen atoms in total. The molecule has 0 aliphatic carbocycles. The fourth-order valence-corrected chi connectivity index (χ4v) is 2.86. The van der Waals surface area contributed by atoms with Crippen molar-refractivity contribution in [2.75, 3.05) is 7.11 Å². The van der Waals surface area contributed by atoms with Crippen LogP contribution in [0.5, 0.6) is 5.88 Å². The lowest BCUT2D eigenvalue weighted by atomic mass is 10.1. The number of benzene rings is 1. The molecule has 1 atom stereocenters. The van der Waals surface area contributed by atoms with Gasteiger partial charge in [0.2, 0.25) is 11.8 Å². The molecule has 0 fully saturated rings. The normalized spacial score (nSPS) is 11.9. The van der Waals surface area contributed by atoms with E-state index in [0.29, 0.717) is 35.2 Å². The van der Waals surface area contributed by atoms with Gasteiger partial charge in [-0.05, 0) is 31.2 Å². The fraction of sp³-hybridized carbons (Fsp3) is 0.263. The molecule has 0 spiro atoms. The van der Waals surface area contributed by atoms with Gasteiger partial charge < -0.3 is 10.1 Å². The maximum Gasteiger partial charge on any atom is 0.217 e. The van der Waals surface area contributed by atoms with E-state index in [-0.39, 0.29) is 10.9 Å². The average molecular weight is 404 g/mol. The van der Waals surface area contributed by atoms with Crippen LogP contribution in [0, 0.1) is 5.82 Å². The number of ether oxygens (including phenoxy) is 1. The second kappa shape index (κ2) is 8.35. The highest BCUT2D eigenvalue weighted by molar-refractivity contribution is 6.30. The Kier molecular flexibility index (Phi) is 5.89. The summed E-state index contributed by atoms with van der Waals surface area (Å²) in [5, 5.41) is 7.36. The minimum atomic E-state index is -0.575. The first-order valence-corrected chi connectivity index (χ1v) is 8.98. The molecule has 2 aromatic heterocycles. The quantitative estimate of drug-likeness (QED) is 0.682. The smallest absolute Gasteiger partial charge is 0.217 e. The number of nitrogens with zero attached hydrogens (tertiary/aromatic N) is 4. The number of nitrogens with one attached hydrogen (secondary N) is 1. The van der Waals surface area contributed by atoms with Gasteiger partial charge in [0.05, 0.1) is 12.1 Å². The molecule has 0 aliphatic heterocycles. The predicted molar refractivity (Wildman–Crippen MR) is 103 cm³/mol. The Hall–Kier alpha value is -3.00. The van der Waals surface area contributed by atoms with Crippen LogP contribution >= 0.6 is 11.6 Å². The zero-order valence-corrected chi connectivity index (χ0v) is 16.4. The van der Waals surface area contributed by atoms with Crippen LogP contribution in [0.25, 0.3) is 11.4 Å². The number of hydrogen-bond acceptors (Lipinski definition) is 5. The Balaban J connectivity index is 2.07. The molecule has 0 saturated carbocycles. The highest BCUT2D eigenvalue weighted by atomic mass is 35.5. The molecule has 146 valence electrons. The molecule has 0 bridgehead atoms. The molecule has 28 heavy (non-hydrogen) atoms. The van der Waals surface area contributed by atoms with Crippen molar-refractivity contribution in [2.24, 2.45) is 0 Å².